The largest absolute Gasteiger partial charge is 0.314 e. The number of piperidine rings is 1. The molecular weight excluding hydrogens is 304 g/mol. The van der Waals surface area contributed by atoms with Gasteiger partial charge in [-0.2, -0.15) is 4.31 Å². The van der Waals surface area contributed by atoms with Gasteiger partial charge in [0.25, 0.3) is 0 Å². The summed E-state index contributed by atoms with van der Waals surface area (Å²) in [4.78, 5) is 1.14. The van der Waals surface area contributed by atoms with E-state index in [0.29, 0.717) is 12.6 Å². The average Bonchev–Trinajstić information content (AvgIpc) is 3.19. The van der Waals surface area contributed by atoms with Gasteiger partial charge in [0.15, 0.2) is 0 Å². The van der Waals surface area contributed by atoms with Crippen LogP contribution in [-0.4, -0.2) is 37.1 Å². The van der Waals surface area contributed by atoms with Crippen LogP contribution in [0.5, 0.6) is 0 Å². The van der Waals surface area contributed by atoms with Gasteiger partial charge in [-0.3, -0.25) is 0 Å². The number of thiophene rings is 1. The first-order chi connectivity index (χ1) is 10.1. The Morgan fingerprint density at radius 3 is 2.76 bits per heavy atom. The number of nitrogens with zero attached hydrogens (tertiary/aromatic N) is 1. The maximum atomic E-state index is 12.7. The van der Waals surface area contributed by atoms with Crippen LogP contribution >= 0.6 is 11.3 Å². The van der Waals surface area contributed by atoms with Crippen molar-refractivity contribution in [2.75, 3.05) is 12.3 Å². The second-order valence-electron chi connectivity index (χ2n) is 6.11. The van der Waals surface area contributed by atoms with Crippen molar-refractivity contribution in [1.82, 2.24) is 9.62 Å². The van der Waals surface area contributed by atoms with Gasteiger partial charge in [-0.05, 0) is 50.1 Å². The standard InChI is InChI=1S/C15H24N2O2S2/c18-21(19,11-8-13-4-1-2-9-16-13)17(14-6-7-14)12-15-5-3-10-20-15/h3,5,10,13-14,16H,1-2,4,6-9,11-12H2. The topological polar surface area (TPSA) is 49.4 Å². The molecule has 118 valence electrons. The highest BCUT2D eigenvalue weighted by atomic mass is 32.2. The summed E-state index contributed by atoms with van der Waals surface area (Å²) in [6, 6.07) is 4.65. The fourth-order valence-corrected chi connectivity index (χ4v) is 5.55. The predicted octanol–water partition coefficient (Wildman–Crippen LogP) is 2.57. The number of nitrogens with one attached hydrogen (secondary N) is 1. The third kappa shape index (κ3) is 4.28. The fourth-order valence-electron chi connectivity index (χ4n) is 2.95. The first-order valence-corrected chi connectivity index (χ1v) is 10.4. The molecule has 1 aliphatic heterocycles. The fraction of sp³-hybridized carbons (Fsp3) is 0.733. The Labute approximate surface area is 131 Å². The lowest BCUT2D eigenvalue weighted by atomic mass is 10.0. The minimum absolute atomic E-state index is 0.247. The summed E-state index contributed by atoms with van der Waals surface area (Å²) < 4.78 is 27.1. The van der Waals surface area contributed by atoms with Crippen LogP contribution in [0.1, 0.15) is 43.4 Å². The van der Waals surface area contributed by atoms with Gasteiger partial charge in [0.2, 0.25) is 10.0 Å². The van der Waals surface area contributed by atoms with Gasteiger partial charge >= 0.3 is 0 Å². The molecule has 1 saturated carbocycles. The second-order valence-corrected chi connectivity index (χ2v) is 9.18. The Hall–Kier alpha value is -0.430. The van der Waals surface area contributed by atoms with Crippen LogP contribution in [0.4, 0.5) is 0 Å². The molecule has 4 nitrogen and oxygen atoms in total. The highest BCUT2D eigenvalue weighted by Gasteiger charge is 2.37. The summed E-state index contributed by atoms with van der Waals surface area (Å²) >= 11 is 1.64. The molecule has 1 N–H and O–H groups in total. The molecule has 0 bridgehead atoms. The summed E-state index contributed by atoms with van der Waals surface area (Å²) in [6.07, 6.45) is 6.34. The maximum Gasteiger partial charge on any atom is 0.214 e. The van der Waals surface area contributed by atoms with E-state index >= 15 is 0 Å². The van der Waals surface area contributed by atoms with Crippen LogP contribution in [0.2, 0.25) is 0 Å². The first kappa shape index (κ1) is 15.5. The molecule has 2 heterocycles. The molecule has 1 saturated heterocycles. The summed E-state index contributed by atoms with van der Waals surface area (Å²) in [6.45, 7) is 1.59. The maximum absolute atomic E-state index is 12.7. The van der Waals surface area contributed by atoms with Crippen molar-refractivity contribution in [3.05, 3.63) is 22.4 Å². The van der Waals surface area contributed by atoms with Crippen molar-refractivity contribution in [3.63, 3.8) is 0 Å². The Balaban J connectivity index is 1.60. The van der Waals surface area contributed by atoms with Crippen molar-refractivity contribution >= 4 is 21.4 Å². The van der Waals surface area contributed by atoms with Gasteiger partial charge < -0.3 is 5.32 Å². The van der Waals surface area contributed by atoms with Crippen molar-refractivity contribution in [2.45, 2.75) is 57.2 Å². The van der Waals surface area contributed by atoms with Crippen LogP contribution in [-0.2, 0) is 16.6 Å². The van der Waals surface area contributed by atoms with Crippen molar-refractivity contribution < 1.29 is 8.42 Å². The monoisotopic (exact) mass is 328 g/mol. The molecule has 0 spiro atoms. The van der Waals surface area contributed by atoms with Crippen molar-refractivity contribution in [2.24, 2.45) is 0 Å². The molecule has 1 aromatic rings. The Morgan fingerprint density at radius 1 is 1.29 bits per heavy atom. The molecule has 0 amide bonds. The minimum atomic E-state index is -3.13. The average molecular weight is 329 g/mol. The van der Waals surface area contributed by atoms with Gasteiger partial charge in [-0.15, -0.1) is 11.3 Å². The highest BCUT2D eigenvalue weighted by molar-refractivity contribution is 7.89. The molecular formula is C15H24N2O2S2. The third-order valence-corrected chi connectivity index (χ3v) is 7.09. The van der Waals surface area contributed by atoms with E-state index in [-0.39, 0.29) is 11.8 Å². The quantitative estimate of drug-likeness (QED) is 0.837. The smallest absolute Gasteiger partial charge is 0.214 e. The minimum Gasteiger partial charge on any atom is -0.314 e. The van der Waals surface area contributed by atoms with Crippen LogP contribution in [0.3, 0.4) is 0 Å². The van der Waals surface area contributed by atoms with Gasteiger partial charge in [0.1, 0.15) is 0 Å². The van der Waals surface area contributed by atoms with E-state index in [1.54, 1.807) is 15.6 Å². The Kier molecular flexibility index (Phi) is 4.99. The number of hydrogen-bond acceptors (Lipinski definition) is 4. The van der Waals surface area contributed by atoms with Crippen LogP contribution < -0.4 is 5.32 Å². The molecule has 1 aliphatic carbocycles. The predicted molar refractivity (Wildman–Crippen MR) is 86.9 cm³/mol. The van der Waals surface area contributed by atoms with E-state index in [1.165, 1.54) is 12.8 Å². The molecule has 0 aromatic carbocycles. The van der Waals surface area contributed by atoms with Crippen molar-refractivity contribution in [1.29, 1.82) is 0 Å². The SMILES string of the molecule is O=S(=O)(CCC1CCCCN1)N(Cc1cccs1)C1CC1. The zero-order valence-corrected chi connectivity index (χ0v) is 14.0. The lowest BCUT2D eigenvalue weighted by Crippen LogP contribution is -2.39. The molecule has 21 heavy (non-hydrogen) atoms. The number of hydrogen-bond donors (Lipinski definition) is 1. The van der Waals surface area contributed by atoms with Gasteiger partial charge in [0, 0.05) is 23.5 Å². The lowest BCUT2D eigenvalue weighted by molar-refractivity contribution is 0.377. The zero-order valence-electron chi connectivity index (χ0n) is 12.3. The first-order valence-electron chi connectivity index (χ1n) is 7.90. The Bertz CT molecular complexity index is 532. The van der Waals surface area contributed by atoms with Gasteiger partial charge in [-0.1, -0.05) is 12.5 Å². The normalized spacial score (nSPS) is 23.6. The molecule has 1 aromatic heterocycles. The summed E-state index contributed by atoms with van der Waals surface area (Å²) in [7, 11) is -3.13. The molecule has 2 fully saturated rings. The lowest BCUT2D eigenvalue weighted by Gasteiger charge is -2.26. The zero-order chi connectivity index (χ0) is 14.7. The van der Waals surface area contributed by atoms with E-state index < -0.39 is 10.0 Å². The molecule has 6 heteroatoms. The number of sulfonamides is 1. The molecule has 3 rings (SSSR count). The van der Waals surface area contributed by atoms with Gasteiger partial charge in [0.05, 0.1) is 5.75 Å². The third-order valence-electron chi connectivity index (χ3n) is 4.34. The van der Waals surface area contributed by atoms with Crippen LogP contribution in [0, 0.1) is 0 Å². The van der Waals surface area contributed by atoms with Crippen LogP contribution in [0.15, 0.2) is 17.5 Å². The Morgan fingerprint density at radius 2 is 2.14 bits per heavy atom. The summed E-state index contributed by atoms with van der Waals surface area (Å²) in [5, 5.41) is 5.45. The van der Waals surface area contributed by atoms with E-state index in [1.807, 2.05) is 17.5 Å². The van der Waals surface area contributed by atoms with Crippen LogP contribution in [0.25, 0.3) is 0 Å². The molecule has 1 unspecified atom stereocenters. The second kappa shape index (κ2) is 6.77. The number of rotatable bonds is 7. The molecule has 1 atom stereocenters. The van der Waals surface area contributed by atoms with Crippen molar-refractivity contribution in [3.8, 4) is 0 Å². The molecule has 2 aliphatic rings. The summed E-state index contributed by atoms with van der Waals surface area (Å²) in [5.74, 6) is 0.284. The van der Waals surface area contributed by atoms with E-state index in [9.17, 15) is 8.42 Å². The van der Waals surface area contributed by atoms with Gasteiger partial charge in [-0.25, -0.2) is 8.42 Å². The van der Waals surface area contributed by atoms with E-state index in [4.69, 9.17) is 0 Å². The van der Waals surface area contributed by atoms with E-state index in [2.05, 4.69) is 5.32 Å². The summed E-state index contributed by atoms with van der Waals surface area (Å²) in [5.41, 5.74) is 0. The van der Waals surface area contributed by atoms with E-state index in [0.717, 1.165) is 37.1 Å². The molecule has 0 radical (unpaired) electrons. The highest BCUT2D eigenvalue weighted by Crippen LogP contribution is 2.32.